The fraction of sp³-hybridized carbons (Fsp3) is 0.273. The summed E-state index contributed by atoms with van der Waals surface area (Å²) in [4.78, 5) is 4.18. The van der Waals surface area contributed by atoms with Gasteiger partial charge in [0.25, 0.3) is 5.89 Å². The Kier molecular flexibility index (Phi) is 2.41. The molecule has 4 heteroatoms. The first-order chi connectivity index (χ1) is 7.20. The molecule has 15 heavy (non-hydrogen) atoms. The molecule has 0 saturated heterocycles. The highest BCUT2D eigenvalue weighted by Gasteiger charge is 2.08. The average molecular weight is 204 g/mol. The van der Waals surface area contributed by atoms with Crippen LogP contribution in [0.15, 0.2) is 22.7 Å². The van der Waals surface area contributed by atoms with Crippen LogP contribution in [0.2, 0.25) is 0 Å². The largest absolute Gasteiger partial charge is 0.508 e. The van der Waals surface area contributed by atoms with Crippen molar-refractivity contribution in [3.63, 3.8) is 0 Å². The molecular formula is C11H12N2O2. The van der Waals surface area contributed by atoms with E-state index in [4.69, 9.17) is 4.52 Å². The summed E-state index contributed by atoms with van der Waals surface area (Å²) >= 11 is 0. The molecule has 0 radical (unpaired) electrons. The van der Waals surface area contributed by atoms with Crippen LogP contribution in [0.1, 0.15) is 18.3 Å². The fourth-order valence-corrected chi connectivity index (χ4v) is 1.26. The first kappa shape index (κ1) is 9.71. The van der Waals surface area contributed by atoms with E-state index >= 15 is 0 Å². The molecule has 0 spiro atoms. The van der Waals surface area contributed by atoms with Gasteiger partial charge in [0, 0.05) is 12.0 Å². The van der Waals surface area contributed by atoms with Crippen LogP contribution in [-0.2, 0) is 6.42 Å². The lowest BCUT2D eigenvalue weighted by Crippen LogP contribution is -1.83. The molecule has 0 aliphatic heterocycles. The number of benzene rings is 1. The number of rotatable bonds is 2. The van der Waals surface area contributed by atoms with Crippen LogP contribution in [0, 0.1) is 6.92 Å². The number of phenols is 1. The van der Waals surface area contributed by atoms with Gasteiger partial charge in [-0.05, 0) is 24.6 Å². The first-order valence-electron chi connectivity index (χ1n) is 4.83. The third kappa shape index (κ3) is 1.83. The van der Waals surface area contributed by atoms with Crippen molar-refractivity contribution in [1.29, 1.82) is 0 Å². The van der Waals surface area contributed by atoms with Crippen LogP contribution in [0.3, 0.4) is 0 Å². The summed E-state index contributed by atoms with van der Waals surface area (Å²) in [7, 11) is 0. The zero-order valence-electron chi connectivity index (χ0n) is 8.69. The Morgan fingerprint density at radius 3 is 2.80 bits per heavy atom. The summed E-state index contributed by atoms with van der Waals surface area (Å²) in [6, 6.07) is 5.30. The van der Waals surface area contributed by atoms with E-state index in [1.54, 1.807) is 6.07 Å². The van der Waals surface area contributed by atoms with E-state index in [9.17, 15) is 5.11 Å². The maximum absolute atomic E-state index is 9.54. The standard InChI is InChI=1S/C11H12N2O2/c1-3-10-12-11(15-13-10)8-5-4-7(2)9(14)6-8/h4-6,14H,3H2,1-2H3. The van der Waals surface area contributed by atoms with Gasteiger partial charge < -0.3 is 9.63 Å². The molecule has 1 N–H and O–H groups in total. The highest BCUT2D eigenvalue weighted by Crippen LogP contribution is 2.24. The lowest BCUT2D eigenvalue weighted by molar-refractivity contribution is 0.422. The topological polar surface area (TPSA) is 59.2 Å². The van der Waals surface area contributed by atoms with Crippen molar-refractivity contribution in [1.82, 2.24) is 10.1 Å². The molecule has 0 atom stereocenters. The number of phenolic OH excluding ortho intramolecular Hbond substituents is 1. The molecule has 0 unspecified atom stereocenters. The molecule has 0 fully saturated rings. The normalized spacial score (nSPS) is 10.5. The van der Waals surface area contributed by atoms with Crippen LogP contribution >= 0.6 is 0 Å². The quantitative estimate of drug-likeness (QED) is 0.815. The Labute approximate surface area is 87.6 Å². The maximum Gasteiger partial charge on any atom is 0.258 e. The second-order valence-corrected chi connectivity index (χ2v) is 3.37. The Hall–Kier alpha value is -1.84. The SMILES string of the molecule is CCc1noc(-c2ccc(C)c(O)c2)n1. The number of aromatic hydroxyl groups is 1. The molecule has 0 bridgehead atoms. The van der Waals surface area contributed by atoms with Gasteiger partial charge in [0.15, 0.2) is 5.82 Å². The second-order valence-electron chi connectivity index (χ2n) is 3.37. The molecule has 4 nitrogen and oxygen atoms in total. The van der Waals surface area contributed by atoms with Crippen molar-refractivity contribution in [2.45, 2.75) is 20.3 Å². The summed E-state index contributed by atoms with van der Waals surface area (Å²) in [6.45, 7) is 3.80. The summed E-state index contributed by atoms with van der Waals surface area (Å²) in [6.07, 6.45) is 0.737. The van der Waals surface area contributed by atoms with Crippen LogP contribution in [-0.4, -0.2) is 15.2 Å². The van der Waals surface area contributed by atoms with Crippen LogP contribution in [0.4, 0.5) is 0 Å². The number of nitrogens with zero attached hydrogens (tertiary/aromatic N) is 2. The molecule has 0 aliphatic rings. The van der Waals surface area contributed by atoms with Gasteiger partial charge in [-0.2, -0.15) is 4.98 Å². The monoisotopic (exact) mass is 204 g/mol. The number of aryl methyl sites for hydroxylation is 2. The van der Waals surface area contributed by atoms with Gasteiger partial charge in [-0.1, -0.05) is 18.1 Å². The summed E-state index contributed by atoms with van der Waals surface area (Å²) in [5, 5.41) is 13.3. The van der Waals surface area contributed by atoms with E-state index in [1.165, 1.54) is 0 Å². The highest BCUT2D eigenvalue weighted by atomic mass is 16.5. The first-order valence-corrected chi connectivity index (χ1v) is 4.83. The molecule has 2 rings (SSSR count). The van der Waals surface area contributed by atoms with Gasteiger partial charge >= 0.3 is 0 Å². The smallest absolute Gasteiger partial charge is 0.258 e. The zero-order chi connectivity index (χ0) is 10.8. The van der Waals surface area contributed by atoms with Crippen LogP contribution < -0.4 is 0 Å². The molecular weight excluding hydrogens is 192 g/mol. The summed E-state index contributed by atoms with van der Waals surface area (Å²) < 4.78 is 5.06. The minimum absolute atomic E-state index is 0.240. The van der Waals surface area contributed by atoms with Crippen molar-refractivity contribution in [3.05, 3.63) is 29.6 Å². The van der Waals surface area contributed by atoms with Gasteiger partial charge in [0.2, 0.25) is 0 Å². The van der Waals surface area contributed by atoms with Crippen LogP contribution in [0.25, 0.3) is 11.5 Å². The maximum atomic E-state index is 9.54. The lowest BCUT2D eigenvalue weighted by Gasteiger charge is -1.99. The molecule has 0 saturated carbocycles. The minimum atomic E-state index is 0.240. The van der Waals surface area contributed by atoms with E-state index in [0.29, 0.717) is 11.7 Å². The van der Waals surface area contributed by atoms with Crippen molar-refractivity contribution >= 4 is 0 Å². The summed E-state index contributed by atoms with van der Waals surface area (Å²) in [5.74, 6) is 1.36. The third-order valence-electron chi connectivity index (χ3n) is 2.24. The van der Waals surface area contributed by atoms with Gasteiger partial charge in [0.1, 0.15) is 5.75 Å². The summed E-state index contributed by atoms with van der Waals surface area (Å²) in [5.41, 5.74) is 1.57. The van der Waals surface area contributed by atoms with Crippen molar-refractivity contribution in [3.8, 4) is 17.2 Å². The molecule has 78 valence electrons. The van der Waals surface area contributed by atoms with Crippen LogP contribution in [0.5, 0.6) is 5.75 Å². The number of hydrogen-bond acceptors (Lipinski definition) is 4. The molecule has 0 aliphatic carbocycles. The lowest BCUT2D eigenvalue weighted by atomic mass is 10.1. The van der Waals surface area contributed by atoms with Gasteiger partial charge in [-0.15, -0.1) is 0 Å². The Morgan fingerprint density at radius 2 is 2.20 bits per heavy atom. The van der Waals surface area contributed by atoms with Gasteiger partial charge in [-0.25, -0.2) is 0 Å². The molecule has 1 aromatic heterocycles. The van der Waals surface area contributed by atoms with E-state index in [0.717, 1.165) is 17.5 Å². The third-order valence-corrected chi connectivity index (χ3v) is 2.24. The van der Waals surface area contributed by atoms with Crippen molar-refractivity contribution in [2.75, 3.05) is 0 Å². The number of hydrogen-bond donors (Lipinski definition) is 1. The van der Waals surface area contributed by atoms with Gasteiger partial charge in [0.05, 0.1) is 0 Å². The van der Waals surface area contributed by atoms with Crippen molar-refractivity contribution < 1.29 is 9.63 Å². The molecule has 0 amide bonds. The molecule has 1 heterocycles. The zero-order valence-corrected chi connectivity index (χ0v) is 8.69. The Balaban J connectivity index is 2.40. The molecule has 1 aromatic carbocycles. The van der Waals surface area contributed by atoms with E-state index in [1.807, 2.05) is 26.0 Å². The Bertz CT molecular complexity index is 477. The predicted molar refractivity (Wildman–Crippen MR) is 55.5 cm³/mol. The predicted octanol–water partition coefficient (Wildman–Crippen LogP) is 2.31. The number of aromatic nitrogens is 2. The highest BCUT2D eigenvalue weighted by molar-refractivity contribution is 5.57. The Morgan fingerprint density at radius 1 is 1.40 bits per heavy atom. The minimum Gasteiger partial charge on any atom is -0.508 e. The second kappa shape index (κ2) is 3.73. The molecule has 2 aromatic rings. The fourth-order valence-electron chi connectivity index (χ4n) is 1.26. The van der Waals surface area contributed by atoms with Gasteiger partial charge in [-0.3, -0.25) is 0 Å². The van der Waals surface area contributed by atoms with Crippen molar-refractivity contribution in [2.24, 2.45) is 0 Å². The van der Waals surface area contributed by atoms with E-state index < -0.39 is 0 Å². The van der Waals surface area contributed by atoms with E-state index in [-0.39, 0.29) is 5.75 Å². The average Bonchev–Trinajstić information content (AvgIpc) is 2.70. The van der Waals surface area contributed by atoms with E-state index in [2.05, 4.69) is 10.1 Å².